The third kappa shape index (κ3) is 4.18. The quantitative estimate of drug-likeness (QED) is 0.605. The number of hydrogen-bond acceptors (Lipinski definition) is 5. The first-order valence-corrected chi connectivity index (χ1v) is 8.16. The van der Waals surface area contributed by atoms with Gasteiger partial charge in [0.15, 0.2) is 18.1 Å². The molecule has 0 radical (unpaired) electrons. The molecule has 1 amide bonds. The van der Waals surface area contributed by atoms with Gasteiger partial charge in [0.2, 0.25) is 0 Å². The highest BCUT2D eigenvalue weighted by Crippen LogP contribution is 2.27. The average Bonchev–Trinajstić information content (AvgIpc) is 3.09. The van der Waals surface area contributed by atoms with Gasteiger partial charge in [-0.2, -0.15) is 0 Å². The second-order valence-electron chi connectivity index (χ2n) is 5.62. The second kappa shape index (κ2) is 8.15. The molecule has 7 nitrogen and oxygen atoms in total. The molecule has 1 heterocycles. The Labute approximate surface area is 150 Å². The number of aldehydes is 1. The van der Waals surface area contributed by atoms with E-state index in [-0.39, 0.29) is 12.5 Å². The Bertz CT molecular complexity index is 887. The standard InChI is InChI=1S/C19H19N3O4/c1-25-17-10-13(11-23)6-7-16(17)26-12-19(24)20-9-8-18-21-14-4-2-3-5-15(14)22-18/h2-7,10-11H,8-9,12H2,1H3,(H,20,24)(H,21,22). The molecular formula is C19H19N3O4. The van der Waals surface area contributed by atoms with Gasteiger partial charge in [0, 0.05) is 18.5 Å². The molecule has 134 valence electrons. The fourth-order valence-electron chi connectivity index (χ4n) is 2.52. The van der Waals surface area contributed by atoms with Crippen molar-refractivity contribution < 1.29 is 19.1 Å². The molecular weight excluding hydrogens is 334 g/mol. The van der Waals surface area contributed by atoms with Crippen molar-refractivity contribution in [3.63, 3.8) is 0 Å². The summed E-state index contributed by atoms with van der Waals surface area (Å²) >= 11 is 0. The summed E-state index contributed by atoms with van der Waals surface area (Å²) in [5.41, 5.74) is 2.36. The number of H-pyrrole nitrogens is 1. The number of amides is 1. The van der Waals surface area contributed by atoms with Crippen molar-refractivity contribution in [1.29, 1.82) is 0 Å². The van der Waals surface area contributed by atoms with Gasteiger partial charge in [-0.05, 0) is 30.3 Å². The summed E-state index contributed by atoms with van der Waals surface area (Å²) < 4.78 is 10.6. The lowest BCUT2D eigenvalue weighted by molar-refractivity contribution is -0.123. The van der Waals surface area contributed by atoms with Crippen LogP contribution in [0.5, 0.6) is 11.5 Å². The van der Waals surface area contributed by atoms with Crippen LogP contribution in [0.15, 0.2) is 42.5 Å². The van der Waals surface area contributed by atoms with Crippen molar-refractivity contribution in [3.05, 3.63) is 53.9 Å². The normalized spacial score (nSPS) is 10.5. The monoisotopic (exact) mass is 353 g/mol. The van der Waals surface area contributed by atoms with Crippen LogP contribution in [-0.2, 0) is 11.2 Å². The van der Waals surface area contributed by atoms with Crippen LogP contribution in [0, 0.1) is 0 Å². The minimum absolute atomic E-state index is 0.142. The van der Waals surface area contributed by atoms with E-state index in [9.17, 15) is 9.59 Å². The Morgan fingerprint density at radius 3 is 2.85 bits per heavy atom. The van der Waals surface area contributed by atoms with E-state index in [2.05, 4.69) is 15.3 Å². The smallest absolute Gasteiger partial charge is 0.257 e. The van der Waals surface area contributed by atoms with E-state index >= 15 is 0 Å². The number of carbonyl (C=O) groups excluding carboxylic acids is 2. The van der Waals surface area contributed by atoms with Crippen LogP contribution < -0.4 is 14.8 Å². The predicted octanol–water partition coefficient (Wildman–Crippen LogP) is 2.12. The van der Waals surface area contributed by atoms with Gasteiger partial charge in [-0.3, -0.25) is 9.59 Å². The highest BCUT2D eigenvalue weighted by molar-refractivity contribution is 5.78. The Kier molecular flexibility index (Phi) is 5.48. The molecule has 0 saturated heterocycles. The van der Waals surface area contributed by atoms with Crippen molar-refractivity contribution in [2.24, 2.45) is 0 Å². The molecule has 1 aromatic heterocycles. The van der Waals surface area contributed by atoms with E-state index in [1.807, 2.05) is 24.3 Å². The number of ether oxygens (including phenoxy) is 2. The molecule has 2 N–H and O–H groups in total. The van der Waals surface area contributed by atoms with Crippen LogP contribution >= 0.6 is 0 Å². The van der Waals surface area contributed by atoms with E-state index in [4.69, 9.17) is 9.47 Å². The van der Waals surface area contributed by atoms with Crippen LogP contribution in [0.4, 0.5) is 0 Å². The SMILES string of the molecule is COc1cc(C=O)ccc1OCC(=O)NCCc1nc2ccccc2[nH]1. The van der Waals surface area contributed by atoms with Gasteiger partial charge in [-0.15, -0.1) is 0 Å². The van der Waals surface area contributed by atoms with E-state index in [1.54, 1.807) is 18.2 Å². The fraction of sp³-hybridized carbons (Fsp3) is 0.211. The number of rotatable bonds is 8. The molecule has 0 bridgehead atoms. The number of hydrogen-bond donors (Lipinski definition) is 2. The Hall–Kier alpha value is -3.35. The van der Waals surface area contributed by atoms with E-state index < -0.39 is 0 Å². The maximum absolute atomic E-state index is 11.9. The third-order valence-corrected chi connectivity index (χ3v) is 3.80. The summed E-state index contributed by atoms with van der Waals surface area (Å²) in [5.74, 6) is 1.39. The van der Waals surface area contributed by atoms with Crippen LogP contribution in [0.25, 0.3) is 11.0 Å². The molecule has 0 aliphatic rings. The topological polar surface area (TPSA) is 93.3 Å². The Morgan fingerprint density at radius 2 is 2.08 bits per heavy atom. The molecule has 0 atom stereocenters. The summed E-state index contributed by atoms with van der Waals surface area (Å²) in [6.07, 6.45) is 1.31. The molecule has 2 aromatic carbocycles. The molecule has 0 fully saturated rings. The summed E-state index contributed by atoms with van der Waals surface area (Å²) in [6.45, 7) is 0.306. The van der Waals surface area contributed by atoms with Crippen LogP contribution in [0.2, 0.25) is 0 Å². The van der Waals surface area contributed by atoms with Crippen molar-refractivity contribution in [2.75, 3.05) is 20.3 Å². The summed E-state index contributed by atoms with van der Waals surface area (Å²) in [7, 11) is 1.48. The Balaban J connectivity index is 1.47. The lowest BCUT2D eigenvalue weighted by Gasteiger charge is -2.11. The first kappa shape index (κ1) is 17.5. The second-order valence-corrected chi connectivity index (χ2v) is 5.62. The number of methoxy groups -OCH3 is 1. The first-order chi connectivity index (χ1) is 12.7. The average molecular weight is 353 g/mol. The lowest BCUT2D eigenvalue weighted by atomic mass is 10.2. The van der Waals surface area contributed by atoms with Gasteiger partial charge < -0.3 is 19.8 Å². The number of benzene rings is 2. The van der Waals surface area contributed by atoms with Gasteiger partial charge in [-0.25, -0.2) is 4.98 Å². The first-order valence-electron chi connectivity index (χ1n) is 8.16. The zero-order valence-electron chi connectivity index (χ0n) is 14.3. The molecule has 0 spiro atoms. The van der Waals surface area contributed by atoms with E-state index in [0.29, 0.717) is 30.0 Å². The number of fused-ring (bicyclic) bond motifs is 1. The molecule has 7 heteroatoms. The maximum Gasteiger partial charge on any atom is 0.257 e. The maximum atomic E-state index is 11.9. The minimum Gasteiger partial charge on any atom is -0.493 e. The largest absolute Gasteiger partial charge is 0.493 e. The van der Waals surface area contributed by atoms with Crippen molar-refractivity contribution in [3.8, 4) is 11.5 Å². The number of nitrogens with zero attached hydrogens (tertiary/aromatic N) is 1. The Morgan fingerprint density at radius 1 is 1.23 bits per heavy atom. The third-order valence-electron chi connectivity index (χ3n) is 3.80. The van der Waals surface area contributed by atoms with Crippen LogP contribution in [0.3, 0.4) is 0 Å². The van der Waals surface area contributed by atoms with Crippen molar-refractivity contribution in [2.45, 2.75) is 6.42 Å². The van der Waals surface area contributed by atoms with Gasteiger partial charge in [0.05, 0.1) is 18.1 Å². The number of para-hydroxylation sites is 2. The highest BCUT2D eigenvalue weighted by atomic mass is 16.5. The number of aromatic amines is 1. The lowest BCUT2D eigenvalue weighted by Crippen LogP contribution is -2.30. The summed E-state index contributed by atoms with van der Waals surface area (Å²) in [6, 6.07) is 12.5. The van der Waals surface area contributed by atoms with Gasteiger partial charge in [0.25, 0.3) is 5.91 Å². The number of aromatic nitrogens is 2. The van der Waals surface area contributed by atoms with Crippen LogP contribution in [0.1, 0.15) is 16.2 Å². The van der Waals surface area contributed by atoms with E-state index in [0.717, 1.165) is 23.1 Å². The zero-order chi connectivity index (χ0) is 18.4. The predicted molar refractivity (Wildman–Crippen MR) is 96.7 cm³/mol. The molecule has 3 rings (SSSR count). The fourth-order valence-corrected chi connectivity index (χ4v) is 2.52. The zero-order valence-corrected chi connectivity index (χ0v) is 14.3. The molecule has 0 saturated carbocycles. The minimum atomic E-state index is -0.248. The van der Waals surface area contributed by atoms with Crippen LogP contribution in [-0.4, -0.2) is 42.4 Å². The van der Waals surface area contributed by atoms with Gasteiger partial charge in [0.1, 0.15) is 12.1 Å². The van der Waals surface area contributed by atoms with Crippen molar-refractivity contribution >= 4 is 23.2 Å². The van der Waals surface area contributed by atoms with Gasteiger partial charge >= 0.3 is 0 Å². The molecule has 3 aromatic rings. The van der Waals surface area contributed by atoms with Gasteiger partial charge in [-0.1, -0.05) is 12.1 Å². The molecule has 0 unspecified atom stereocenters. The summed E-state index contributed by atoms with van der Waals surface area (Å²) in [4.78, 5) is 30.4. The number of imidazole rings is 1. The molecule has 0 aliphatic heterocycles. The molecule has 0 aliphatic carbocycles. The number of carbonyl (C=O) groups is 2. The van der Waals surface area contributed by atoms with Crippen molar-refractivity contribution in [1.82, 2.24) is 15.3 Å². The van der Waals surface area contributed by atoms with E-state index in [1.165, 1.54) is 7.11 Å². The highest BCUT2D eigenvalue weighted by Gasteiger charge is 2.09. The molecule has 26 heavy (non-hydrogen) atoms. The number of nitrogens with one attached hydrogen (secondary N) is 2. The summed E-state index contributed by atoms with van der Waals surface area (Å²) in [5, 5.41) is 2.78.